The normalized spacial score (nSPS) is 23.4. The van der Waals surface area contributed by atoms with Gasteiger partial charge in [0.2, 0.25) is 0 Å². The first-order valence-electron chi connectivity index (χ1n) is 8.04. The van der Waals surface area contributed by atoms with E-state index in [2.05, 4.69) is 21.7 Å². The molecule has 0 saturated carbocycles. The summed E-state index contributed by atoms with van der Waals surface area (Å²) in [6.45, 7) is 10.2. The minimum Gasteiger partial charge on any atom is -0.381 e. The van der Waals surface area contributed by atoms with Crippen molar-refractivity contribution < 1.29 is 9.47 Å². The molecular formula is C15H24ClN3O2S. The number of likely N-dealkylation sites (tertiary alicyclic amines) is 1. The first-order valence-corrected chi connectivity index (χ1v) is 9.23. The molecule has 2 aliphatic rings. The van der Waals surface area contributed by atoms with E-state index in [4.69, 9.17) is 21.1 Å². The third-order valence-electron chi connectivity index (χ3n) is 4.21. The molecule has 0 aromatic carbocycles. The van der Waals surface area contributed by atoms with Crippen LogP contribution in [0.15, 0.2) is 0 Å². The third-order valence-corrected chi connectivity index (χ3v) is 5.74. The van der Waals surface area contributed by atoms with Gasteiger partial charge >= 0.3 is 0 Å². The van der Waals surface area contributed by atoms with Gasteiger partial charge in [0.15, 0.2) is 5.13 Å². The number of anilines is 1. The van der Waals surface area contributed by atoms with Crippen molar-refractivity contribution in [2.45, 2.75) is 19.9 Å². The van der Waals surface area contributed by atoms with Gasteiger partial charge in [-0.05, 0) is 25.8 Å². The van der Waals surface area contributed by atoms with Gasteiger partial charge in [-0.2, -0.15) is 0 Å². The molecule has 0 amide bonds. The number of nitrogens with zero attached hydrogens (tertiary/aromatic N) is 3. The maximum atomic E-state index is 6.35. The average molecular weight is 346 g/mol. The number of rotatable bonds is 6. The molecule has 3 rings (SSSR count). The van der Waals surface area contributed by atoms with Crippen LogP contribution in [0.4, 0.5) is 5.13 Å². The average Bonchev–Trinajstić information content (AvgIpc) is 3.14. The molecule has 2 aliphatic heterocycles. The number of morpholine rings is 1. The molecule has 2 saturated heterocycles. The lowest BCUT2D eigenvalue weighted by Gasteiger charge is -2.26. The molecule has 5 nitrogen and oxygen atoms in total. The summed E-state index contributed by atoms with van der Waals surface area (Å²) in [6.07, 6.45) is 1.22. The van der Waals surface area contributed by atoms with Crippen molar-refractivity contribution in [1.29, 1.82) is 0 Å². The highest BCUT2D eigenvalue weighted by atomic mass is 35.5. The smallest absolute Gasteiger partial charge is 0.187 e. The van der Waals surface area contributed by atoms with Crippen molar-refractivity contribution >= 4 is 28.1 Å². The minimum absolute atomic E-state index is 0.658. The van der Waals surface area contributed by atoms with Crippen LogP contribution in [0.1, 0.15) is 18.2 Å². The zero-order chi connectivity index (χ0) is 15.4. The molecule has 1 aromatic rings. The lowest BCUT2D eigenvalue weighted by atomic mass is 10.1. The van der Waals surface area contributed by atoms with Gasteiger partial charge in [0.25, 0.3) is 0 Å². The topological polar surface area (TPSA) is 37.8 Å². The van der Waals surface area contributed by atoms with E-state index >= 15 is 0 Å². The van der Waals surface area contributed by atoms with Crippen LogP contribution in [0.3, 0.4) is 0 Å². The second kappa shape index (κ2) is 7.93. The summed E-state index contributed by atoms with van der Waals surface area (Å²) in [4.78, 5) is 10.5. The van der Waals surface area contributed by atoms with Crippen LogP contribution in [-0.2, 0) is 16.0 Å². The summed E-state index contributed by atoms with van der Waals surface area (Å²) in [6, 6.07) is 0. The third kappa shape index (κ3) is 4.11. The van der Waals surface area contributed by atoms with Crippen LogP contribution in [0.5, 0.6) is 0 Å². The predicted molar refractivity (Wildman–Crippen MR) is 90.0 cm³/mol. The maximum Gasteiger partial charge on any atom is 0.187 e. The van der Waals surface area contributed by atoms with Gasteiger partial charge in [-0.1, -0.05) is 22.9 Å². The van der Waals surface area contributed by atoms with E-state index in [1.807, 2.05) is 0 Å². The number of hydrogen-bond donors (Lipinski definition) is 0. The van der Waals surface area contributed by atoms with Crippen LogP contribution in [0, 0.1) is 5.92 Å². The molecule has 0 N–H and O–H groups in total. The van der Waals surface area contributed by atoms with Gasteiger partial charge in [-0.3, -0.25) is 4.90 Å². The summed E-state index contributed by atoms with van der Waals surface area (Å²) in [7, 11) is 0. The molecule has 2 fully saturated rings. The highest BCUT2D eigenvalue weighted by molar-refractivity contribution is 7.16. The Kier molecular flexibility index (Phi) is 5.93. The van der Waals surface area contributed by atoms with Crippen molar-refractivity contribution in [2.75, 3.05) is 57.5 Å². The molecule has 0 spiro atoms. The Morgan fingerprint density at radius 1 is 1.36 bits per heavy atom. The Bertz CT molecular complexity index is 479. The van der Waals surface area contributed by atoms with Gasteiger partial charge in [0.05, 0.1) is 24.7 Å². The van der Waals surface area contributed by atoms with Crippen LogP contribution < -0.4 is 4.90 Å². The zero-order valence-corrected chi connectivity index (χ0v) is 14.7. The lowest BCUT2D eigenvalue weighted by Crippen LogP contribution is -2.36. The summed E-state index contributed by atoms with van der Waals surface area (Å²) in [5.74, 6) is 0.658. The first kappa shape index (κ1) is 16.5. The SMILES string of the molecule is CCOCC1CCN(Cc2sc(N3CCOCC3)nc2Cl)C1. The van der Waals surface area contributed by atoms with Crippen molar-refractivity contribution in [3.05, 3.63) is 10.0 Å². The largest absolute Gasteiger partial charge is 0.381 e. The van der Waals surface area contributed by atoms with Gasteiger partial charge in [-0.15, -0.1) is 0 Å². The van der Waals surface area contributed by atoms with Crippen molar-refractivity contribution in [2.24, 2.45) is 5.92 Å². The van der Waals surface area contributed by atoms with Gasteiger partial charge < -0.3 is 14.4 Å². The molecule has 1 aromatic heterocycles. The predicted octanol–water partition coefficient (Wildman–Crippen LogP) is 2.49. The quantitative estimate of drug-likeness (QED) is 0.792. The van der Waals surface area contributed by atoms with Crippen molar-refractivity contribution in [3.63, 3.8) is 0 Å². The Balaban J connectivity index is 1.55. The van der Waals surface area contributed by atoms with Gasteiger partial charge in [-0.25, -0.2) is 4.98 Å². The minimum atomic E-state index is 0.658. The van der Waals surface area contributed by atoms with Crippen LogP contribution in [-0.4, -0.2) is 62.5 Å². The summed E-state index contributed by atoms with van der Waals surface area (Å²) >= 11 is 8.08. The zero-order valence-electron chi connectivity index (χ0n) is 13.1. The van der Waals surface area contributed by atoms with Crippen molar-refractivity contribution in [3.8, 4) is 0 Å². The number of hydrogen-bond acceptors (Lipinski definition) is 6. The molecule has 22 heavy (non-hydrogen) atoms. The molecule has 7 heteroatoms. The van der Waals surface area contributed by atoms with Crippen molar-refractivity contribution in [1.82, 2.24) is 9.88 Å². The summed E-state index contributed by atoms with van der Waals surface area (Å²) in [5.41, 5.74) is 0. The molecule has 1 atom stereocenters. The van der Waals surface area contributed by atoms with E-state index < -0.39 is 0 Å². The van der Waals surface area contributed by atoms with Crippen LogP contribution in [0.25, 0.3) is 0 Å². The number of aromatic nitrogens is 1. The number of halogens is 1. The van der Waals surface area contributed by atoms with E-state index in [1.54, 1.807) is 11.3 Å². The summed E-state index contributed by atoms with van der Waals surface area (Å²) in [5, 5.41) is 1.70. The Morgan fingerprint density at radius 3 is 2.95 bits per heavy atom. The first-order chi connectivity index (χ1) is 10.8. The lowest BCUT2D eigenvalue weighted by molar-refractivity contribution is 0.112. The second-order valence-electron chi connectivity index (χ2n) is 5.86. The fourth-order valence-corrected chi connectivity index (χ4v) is 4.34. The molecular weight excluding hydrogens is 322 g/mol. The molecule has 1 unspecified atom stereocenters. The van der Waals surface area contributed by atoms with E-state index in [-0.39, 0.29) is 0 Å². The Morgan fingerprint density at radius 2 is 2.18 bits per heavy atom. The van der Waals surface area contributed by atoms with E-state index in [9.17, 15) is 0 Å². The summed E-state index contributed by atoms with van der Waals surface area (Å²) < 4.78 is 10.9. The Labute approximate surface area is 141 Å². The van der Waals surface area contributed by atoms with E-state index in [0.29, 0.717) is 11.1 Å². The number of ether oxygens (including phenoxy) is 2. The van der Waals surface area contributed by atoms with Crippen LogP contribution >= 0.6 is 22.9 Å². The molecule has 124 valence electrons. The molecule has 0 bridgehead atoms. The molecule has 3 heterocycles. The monoisotopic (exact) mass is 345 g/mol. The highest BCUT2D eigenvalue weighted by Crippen LogP contribution is 2.32. The molecule has 0 radical (unpaired) electrons. The fraction of sp³-hybridized carbons (Fsp3) is 0.800. The van der Waals surface area contributed by atoms with Crippen LogP contribution in [0.2, 0.25) is 5.15 Å². The maximum absolute atomic E-state index is 6.35. The number of thiazole rings is 1. The van der Waals surface area contributed by atoms with Gasteiger partial charge in [0, 0.05) is 32.8 Å². The fourth-order valence-electron chi connectivity index (χ4n) is 2.99. The molecule has 0 aliphatic carbocycles. The highest BCUT2D eigenvalue weighted by Gasteiger charge is 2.25. The van der Waals surface area contributed by atoms with E-state index in [1.165, 1.54) is 11.3 Å². The van der Waals surface area contributed by atoms with Gasteiger partial charge in [0.1, 0.15) is 5.15 Å². The Hall–Kier alpha value is -0.400. The second-order valence-corrected chi connectivity index (χ2v) is 7.28. The standard InChI is InChI=1S/C15H24ClN3O2S/c1-2-20-11-12-3-4-18(9-12)10-13-14(16)17-15(22-13)19-5-7-21-8-6-19/h12H,2-11H2,1H3. The van der Waals surface area contributed by atoms with E-state index in [0.717, 1.165) is 64.3 Å².